The van der Waals surface area contributed by atoms with Gasteiger partial charge in [0.15, 0.2) is 0 Å². The predicted molar refractivity (Wildman–Crippen MR) is 128 cm³/mol. The minimum absolute atomic E-state index is 1.09. The number of aryl methyl sites for hydroxylation is 2. The molecule has 1 aromatic heterocycles. The summed E-state index contributed by atoms with van der Waals surface area (Å²) in [6.45, 7) is 4.18. The molecule has 0 saturated carbocycles. The van der Waals surface area contributed by atoms with E-state index in [0.29, 0.717) is 0 Å². The number of thioether (sulfide) groups is 8. The summed E-state index contributed by atoms with van der Waals surface area (Å²) in [5.41, 5.74) is 2.25. The third-order valence-corrected chi connectivity index (χ3v) is 15.2. The van der Waals surface area contributed by atoms with Gasteiger partial charge in [-0.15, -0.1) is 35.3 Å². The summed E-state index contributed by atoms with van der Waals surface area (Å²) in [7, 11) is 0. The van der Waals surface area contributed by atoms with Gasteiger partial charge in [0.25, 0.3) is 0 Å². The molecular formula is C15H16N2S8. The summed E-state index contributed by atoms with van der Waals surface area (Å²) in [6, 6.07) is 0. The first-order valence-corrected chi connectivity index (χ1v) is 14.9. The molecule has 0 saturated heterocycles. The first-order valence-electron chi connectivity index (χ1n) is 7.59. The molecule has 0 radical (unpaired) electrons. The van der Waals surface area contributed by atoms with Crippen LogP contribution in [0.5, 0.6) is 0 Å². The zero-order valence-corrected chi connectivity index (χ0v) is 20.4. The molecule has 0 aromatic carbocycles. The van der Waals surface area contributed by atoms with Crippen LogP contribution >= 0.6 is 94.1 Å². The first-order chi connectivity index (χ1) is 12.2. The molecule has 1 aromatic rings. The van der Waals surface area contributed by atoms with E-state index in [1.165, 1.54) is 48.2 Å². The van der Waals surface area contributed by atoms with Crippen molar-refractivity contribution in [3.05, 3.63) is 36.8 Å². The molecule has 2 nitrogen and oxygen atoms in total. The number of nitrogens with zero attached hydrogens (tertiary/aromatic N) is 1. The van der Waals surface area contributed by atoms with E-state index in [1.807, 2.05) is 94.1 Å². The summed E-state index contributed by atoms with van der Waals surface area (Å²) in [5.74, 6) is 2.52. The lowest BCUT2D eigenvalue weighted by molar-refractivity contribution is 1.02. The van der Waals surface area contributed by atoms with Gasteiger partial charge in [0.05, 0.1) is 36.0 Å². The third-order valence-electron chi connectivity index (χ3n) is 3.44. The average molecular weight is 481 g/mol. The summed E-state index contributed by atoms with van der Waals surface area (Å²) in [6.07, 6.45) is 3.50. The Bertz CT molecular complexity index is 752. The standard InChI is InChI=1S/C15H16N2S8/c1-7-9(8(2)17-16-7)21-13-10(18-3)22-14(25-13)15-23-11-12(24-15)20-6-4-5-19-11/h4-6H2,1-3H3,(H,16,17). The van der Waals surface area contributed by atoms with E-state index in [1.54, 1.807) is 0 Å². The van der Waals surface area contributed by atoms with Crippen LogP contribution in [0.4, 0.5) is 0 Å². The lowest BCUT2D eigenvalue weighted by Crippen LogP contribution is -1.79. The second-order valence-corrected chi connectivity index (χ2v) is 14.9. The fourth-order valence-electron chi connectivity index (χ4n) is 2.25. The van der Waals surface area contributed by atoms with Gasteiger partial charge < -0.3 is 0 Å². The Hall–Kier alpha value is 1.23. The lowest BCUT2D eigenvalue weighted by Gasteiger charge is -2.04. The van der Waals surface area contributed by atoms with Gasteiger partial charge >= 0.3 is 0 Å². The highest BCUT2D eigenvalue weighted by Gasteiger charge is 2.31. The second kappa shape index (κ2) is 8.71. The van der Waals surface area contributed by atoms with Gasteiger partial charge in [-0.3, -0.25) is 5.10 Å². The number of hydrogen-bond acceptors (Lipinski definition) is 9. The second-order valence-electron chi connectivity index (χ2n) is 5.25. The topological polar surface area (TPSA) is 28.7 Å². The summed E-state index contributed by atoms with van der Waals surface area (Å²) in [4.78, 5) is 1.27. The molecular weight excluding hydrogens is 465 g/mol. The van der Waals surface area contributed by atoms with Crippen molar-refractivity contribution in [2.45, 2.75) is 25.2 Å². The molecule has 0 unspecified atom stereocenters. The Morgan fingerprint density at radius 1 is 0.880 bits per heavy atom. The number of hydrogen-bond donors (Lipinski definition) is 1. The fourth-order valence-corrected chi connectivity index (χ4v) is 13.9. The highest BCUT2D eigenvalue weighted by Crippen LogP contribution is 2.66. The maximum absolute atomic E-state index is 4.34. The zero-order chi connectivity index (χ0) is 17.4. The quantitative estimate of drug-likeness (QED) is 0.467. The molecule has 3 aliphatic rings. The molecule has 0 amide bonds. The summed E-state index contributed by atoms with van der Waals surface area (Å²) >= 11 is 15.7. The minimum atomic E-state index is 1.09. The molecule has 10 heteroatoms. The van der Waals surface area contributed by atoms with Crippen LogP contribution in [0.25, 0.3) is 0 Å². The number of nitrogens with one attached hydrogen (secondary N) is 1. The fraction of sp³-hybridized carbons (Fsp3) is 0.400. The van der Waals surface area contributed by atoms with Crippen molar-refractivity contribution in [1.29, 1.82) is 0 Å². The van der Waals surface area contributed by atoms with E-state index in [9.17, 15) is 0 Å². The van der Waals surface area contributed by atoms with Crippen molar-refractivity contribution >= 4 is 94.1 Å². The van der Waals surface area contributed by atoms with Crippen LogP contribution in [-0.2, 0) is 0 Å². The smallest absolute Gasteiger partial charge is 0.0733 e. The maximum atomic E-state index is 4.34. The predicted octanol–water partition coefficient (Wildman–Crippen LogP) is 7.69. The summed E-state index contributed by atoms with van der Waals surface area (Å²) < 4.78 is 8.81. The third kappa shape index (κ3) is 4.31. The average Bonchev–Trinajstić information content (AvgIpc) is 3.24. The molecule has 0 spiro atoms. The molecule has 3 aliphatic heterocycles. The van der Waals surface area contributed by atoms with Crippen LogP contribution < -0.4 is 0 Å². The van der Waals surface area contributed by atoms with Crippen molar-refractivity contribution in [1.82, 2.24) is 10.2 Å². The highest BCUT2D eigenvalue weighted by molar-refractivity contribution is 8.45. The van der Waals surface area contributed by atoms with E-state index in [0.717, 1.165) is 11.4 Å². The van der Waals surface area contributed by atoms with Crippen LogP contribution in [0.2, 0.25) is 0 Å². The molecule has 4 heterocycles. The largest absolute Gasteiger partial charge is 0.281 e. The normalized spacial score (nSPS) is 21.4. The van der Waals surface area contributed by atoms with Crippen LogP contribution in [0, 0.1) is 13.8 Å². The molecule has 4 rings (SSSR count). The molecule has 0 fully saturated rings. The Morgan fingerprint density at radius 2 is 1.52 bits per heavy atom. The number of H-pyrrole nitrogens is 1. The van der Waals surface area contributed by atoms with Crippen molar-refractivity contribution in [2.24, 2.45) is 0 Å². The minimum Gasteiger partial charge on any atom is -0.281 e. The monoisotopic (exact) mass is 480 g/mol. The number of aromatic nitrogens is 2. The molecule has 134 valence electrons. The van der Waals surface area contributed by atoms with E-state index >= 15 is 0 Å². The Morgan fingerprint density at radius 3 is 2.12 bits per heavy atom. The van der Waals surface area contributed by atoms with Gasteiger partial charge in [0.1, 0.15) is 0 Å². The number of aromatic amines is 1. The molecule has 1 N–H and O–H groups in total. The molecule has 25 heavy (non-hydrogen) atoms. The first kappa shape index (κ1) is 19.5. The Balaban J connectivity index is 1.52. The lowest BCUT2D eigenvalue weighted by atomic mass is 10.4. The van der Waals surface area contributed by atoms with Gasteiger partial charge in [0, 0.05) is 5.69 Å². The van der Waals surface area contributed by atoms with E-state index in [2.05, 4.69) is 30.3 Å². The van der Waals surface area contributed by atoms with Crippen molar-refractivity contribution < 1.29 is 0 Å². The summed E-state index contributed by atoms with van der Waals surface area (Å²) in [5, 5.41) is 7.44. The zero-order valence-electron chi connectivity index (χ0n) is 13.8. The maximum Gasteiger partial charge on any atom is 0.0733 e. The molecule has 0 atom stereocenters. The van der Waals surface area contributed by atoms with Crippen LogP contribution in [0.15, 0.2) is 30.3 Å². The van der Waals surface area contributed by atoms with E-state index in [4.69, 9.17) is 0 Å². The van der Waals surface area contributed by atoms with Crippen molar-refractivity contribution in [2.75, 3.05) is 17.8 Å². The molecule has 0 bridgehead atoms. The Labute approximate surface area is 182 Å². The molecule has 0 aliphatic carbocycles. The van der Waals surface area contributed by atoms with Gasteiger partial charge in [-0.25, -0.2) is 0 Å². The SMILES string of the molecule is CSC1=C(Sc2c(C)n[nH]c2C)SC(=C2SC3=C(SCCCS3)S2)S1. The Kier molecular flexibility index (Phi) is 6.81. The van der Waals surface area contributed by atoms with Crippen LogP contribution in [0.3, 0.4) is 0 Å². The van der Waals surface area contributed by atoms with Gasteiger partial charge in [-0.05, 0) is 38.0 Å². The van der Waals surface area contributed by atoms with Crippen molar-refractivity contribution in [3.8, 4) is 0 Å². The van der Waals surface area contributed by atoms with Gasteiger partial charge in [-0.2, -0.15) is 5.10 Å². The van der Waals surface area contributed by atoms with E-state index in [-0.39, 0.29) is 0 Å². The van der Waals surface area contributed by atoms with Crippen molar-refractivity contribution in [3.63, 3.8) is 0 Å². The van der Waals surface area contributed by atoms with Crippen LogP contribution in [-0.4, -0.2) is 28.0 Å². The van der Waals surface area contributed by atoms with Gasteiger partial charge in [0.2, 0.25) is 0 Å². The van der Waals surface area contributed by atoms with E-state index < -0.39 is 0 Å². The van der Waals surface area contributed by atoms with Crippen LogP contribution in [0.1, 0.15) is 17.8 Å². The number of rotatable bonds is 3. The highest BCUT2D eigenvalue weighted by atomic mass is 32.3. The van der Waals surface area contributed by atoms with Gasteiger partial charge in [-0.1, -0.05) is 58.8 Å².